The number of anilines is 1. The molecular weight excluding hydrogens is 554 g/mol. The molecule has 2 saturated heterocycles. The summed E-state index contributed by atoms with van der Waals surface area (Å²) in [5.74, 6) is 9.09. The Balaban J connectivity index is 1.29. The van der Waals surface area contributed by atoms with Crippen LogP contribution in [0.5, 0.6) is 17.4 Å². The molecule has 226 valence electrons. The van der Waals surface area contributed by atoms with Crippen LogP contribution >= 0.6 is 0 Å². The molecule has 44 heavy (non-hydrogen) atoms. The number of nitrogens with zero attached hydrogens (tertiary/aromatic N) is 6. The maximum atomic E-state index is 12.0. The van der Waals surface area contributed by atoms with Crippen molar-refractivity contribution in [1.29, 1.82) is 0 Å². The third-order valence-electron chi connectivity index (χ3n) is 8.58. The SMILES string of the molecule is C=CC(=O)N1CCC(N2CC(C)(C#Cc3c(-c4ccc(Oc5cccc(C)n5)c(OC)c4)c4c(N)ncnc4n3C)C2)CC1. The molecule has 0 spiro atoms. The molecule has 10 nitrogen and oxygen atoms in total. The average Bonchev–Trinajstić information content (AvgIpc) is 3.30. The minimum absolute atomic E-state index is 0.0157. The highest BCUT2D eigenvalue weighted by Gasteiger charge is 2.41. The molecule has 0 aliphatic carbocycles. The third-order valence-corrected chi connectivity index (χ3v) is 8.58. The highest BCUT2D eigenvalue weighted by molar-refractivity contribution is 6.03. The van der Waals surface area contributed by atoms with E-state index in [-0.39, 0.29) is 11.3 Å². The van der Waals surface area contributed by atoms with Gasteiger partial charge < -0.3 is 24.7 Å². The average molecular weight is 592 g/mol. The van der Waals surface area contributed by atoms with Crippen molar-refractivity contribution in [3.63, 3.8) is 0 Å². The molecule has 10 heteroatoms. The predicted octanol–water partition coefficient (Wildman–Crippen LogP) is 4.57. The molecule has 2 aliphatic rings. The lowest BCUT2D eigenvalue weighted by atomic mass is 9.80. The fourth-order valence-electron chi connectivity index (χ4n) is 6.28. The molecule has 1 amide bonds. The van der Waals surface area contributed by atoms with Gasteiger partial charge in [0.1, 0.15) is 23.5 Å². The lowest BCUT2D eigenvalue weighted by Crippen LogP contribution is -2.60. The van der Waals surface area contributed by atoms with Gasteiger partial charge in [-0.3, -0.25) is 9.69 Å². The Hall–Kier alpha value is -4.88. The van der Waals surface area contributed by atoms with Gasteiger partial charge in [0.15, 0.2) is 11.5 Å². The lowest BCUT2D eigenvalue weighted by molar-refractivity contribution is -0.128. The summed E-state index contributed by atoms with van der Waals surface area (Å²) >= 11 is 0. The van der Waals surface area contributed by atoms with E-state index in [1.165, 1.54) is 12.4 Å². The van der Waals surface area contributed by atoms with Gasteiger partial charge in [-0.05, 0) is 62.4 Å². The first kappa shape index (κ1) is 29.2. The van der Waals surface area contributed by atoms with Crippen LogP contribution in [0.15, 0.2) is 55.4 Å². The number of fused-ring (bicyclic) bond motifs is 1. The molecule has 2 fully saturated rings. The number of aryl methyl sites for hydroxylation is 2. The predicted molar refractivity (Wildman–Crippen MR) is 170 cm³/mol. The van der Waals surface area contributed by atoms with Crippen LogP contribution in [0.4, 0.5) is 5.82 Å². The number of ether oxygens (including phenoxy) is 2. The number of carbonyl (C=O) groups excluding carboxylic acids is 1. The number of nitrogens with two attached hydrogens (primary N) is 1. The highest BCUT2D eigenvalue weighted by Crippen LogP contribution is 2.41. The number of pyridine rings is 1. The minimum Gasteiger partial charge on any atom is -0.493 e. The van der Waals surface area contributed by atoms with Crippen LogP contribution in [-0.2, 0) is 11.8 Å². The van der Waals surface area contributed by atoms with Gasteiger partial charge in [0, 0.05) is 56.6 Å². The van der Waals surface area contributed by atoms with Crippen molar-refractivity contribution < 1.29 is 14.3 Å². The van der Waals surface area contributed by atoms with Gasteiger partial charge in [-0.2, -0.15) is 0 Å². The zero-order valence-electron chi connectivity index (χ0n) is 25.6. The summed E-state index contributed by atoms with van der Waals surface area (Å²) < 4.78 is 13.8. The van der Waals surface area contributed by atoms with E-state index in [9.17, 15) is 4.79 Å². The van der Waals surface area contributed by atoms with Crippen molar-refractivity contribution in [3.8, 4) is 40.3 Å². The molecular formula is C34H37N7O3. The van der Waals surface area contributed by atoms with Crippen LogP contribution in [0.2, 0.25) is 0 Å². The Morgan fingerprint density at radius 2 is 1.93 bits per heavy atom. The van der Waals surface area contributed by atoms with Crippen LogP contribution in [0, 0.1) is 24.2 Å². The highest BCUT2D eigenvalue weighted by atomic mass is 16.5. The molecule has 2 N–H and O–H groups in total. The van der Waals surface area contributed by atoms with E-state index in [0.29, 0.717) is 34.9 Å². The quantitative estimate of drug-likeness (QED) is 0.256. The van der Waals surface area contributed by atoms with Gasteiger partial charge >= 0.3 is 0 Å². The summed E-state index contributed by atoms with van der Waals surface area (Å²) in [5.41, 5.74) is 10.4. The van der Waals surface area contributed by atoms with Gasteiger partial charge in [0.05, 0.1) is 17.9 Å². The van der Waals surface area contributed by atoms with Gasteiger partial charge in [0.2, 0.25) is 11.8 Å². The third kappa shape index (κ3) is 5.47. The fourth-order valence-corrected chi connectivity index (χ4v) is 6.28. The van der Waals surface area contributed by atoms with Gasteiger partial charge in [-0.1, -0.05) is 24.6 Å². The van der Waals surface area contributed by atoms with E-state index in [2.05, 4.69) is 45.2 Å². The molecule has 0 unspecified atom stereocenters. The smallest absolute Gasteiger partial charge is 0.245 e. The molecule has 2 aliphatic heterocycles. The molecule has 1 aromatic carbocycles. The fraction of sp³-hybridized carbons (Fsp3) is 0.353. The van der Waals surface area contributed by atoms with Crippen LogP contribution < -0.4 is 15.2 Å². The maximum absolute atomic E-state index is 12.0. The first-order valence-electron chi connectivity index (χ1n) is 14.8. The molecule has 5 heterocycles. The standard InChI is InChI=1S/C34H37N7O3/c1-6-29(42)40-16-13-24(14-17-40)41-19-34(3,20-41)15-12-25-30(31-32(35)36-21-37-33(31)39(25)4)23-10-11-26(27(18-23)43-5)44-28-9-7-8-22(2)38-28/h6-11,18,21,24H,1,13-14,16-17,19-20H2,2-5H3,(H2,35,36,37). The van der Waals surface area contributed by atoms with E-state index >= 15 is 0 Å². The van der Waals surface area contributed by atoms with Crippen LogP contribution in [0.3, 0.4) is 0 Å². The molecule has 0 radical (unpaired) electrons. The second kappa shape index (κ2) is 11.7. The van der Waals surface area contributed by atoms with Crippen LogP contribution in [0.1, 0.15) is 31.2 Å². The second-order valence-corrected chi connectivity index (χ2v) is 11.8. The Morgan fingerprint density at radius 3 is 2.64 bits per heavy atom. The molecule has 3 aromatic heterocycles. The maximum Gasteiger partial charge on any atom is 0.245 e. The van der Waals surface area contributed by atoms with E-state index < -0.39 is 0 Å². The van der Waals surface area contributed by atoms with Crippen molar-refractivity contribution in [3.05, 3.63) is 66.8 Å². The minimum atomic E-state index is -0.158. The summed E-state index contributed by atoms with van der Waals surface area (Å²) in [4.78, 5) is 29.6. The van der Waals surface area contributed by atoms with E-state index in [1.54, 1.807) is 7.11 Å². The van der Waals surface area contributed by atoms with Gasteiger partial charge in [-0.25, -0.2) is 15.0 Å². The van der Waals surface area contributed by atoms with Crippen molar-refractivity contribution in [2.45, 2.75) is 32.7 Å². The number of carbonyl (C=O) groups is 1. The number of piperidine rings is 1. The van der Waals surface area contributed by atoms with Gasteiger partial charge in [0.25, 0.3) is 0 Å². The number of hydrogen-bond donors (Lipinski definition) is 1. The van der Waals surface area contributed by atoms with Crippen molar-refractivity contribution in [1.82, 2.24) is 29.3 Å². The van der Waals surface area contributed by atoms with Crippen molar-refractivity contribution in [2.75, 3.05) is 39.0 Å². The van der Waals surface area contributed by atoms with Crippen molar-refractivity contribution in [2.24, 2.45) is 12.5 Å². The normalized spacial score (nSPS) is 16.6. The molecule has 0 bridgehead atoms. The van der Waals surface area contributed by atoms with Crippen LogP contribution in [-0.4, -0.2) is 74.6 Å². The molecule has 0 atom stereocenters. The molecule has 0 saturated carbocycles. The zero-order chi connectivity index (χ0) is 31.0. The van der Waals surface area contributed by atoms with Crippen LogP contribution in [0.25, 0.3) is 22.2 Å². The monoisotopic (exact) mass is 591 g/mol. The number of rotatable bonds is 6. The summed E-state index contributed by atoms with van der Waals surface area (Å²) in [6.07, 6.45) is 4.81. The number of amides is 1. The first-order chi connectivity index (χ1) is 21.2. The van der Waals surface area contributed by atoms with E-state index in [4.69, 9.17) is 15.2 Å². The Kier molecular flexibility index (Phi) is 7.74. The lowest BCUT2D eigenvalue weighted by Gasteiger charge is -2.50. The Bertz CT molecular complexity index is 1800. The number of benzene rings is 1. The summed E-state index contributed by atoms with van der Waals surface area (Å²) in [6.45, 7) is 11.0. The number of hydrogen-bond acceptors (Lipinski definition) is 8. The largest absolute Gasteiger partial charge is 0.493 e. The zero-order valence-corrected chi connectivity index (χ0v) is 25.6. The van der Waals surface area contributed by atoms with Gasteiger partial charge in [-0.15, -0.1) is 0 Å². The number of methoxy groups -OCH3 is 1. The van der Waals surface area contributed by atoms with E-state index in [0.717, 1.165) is 66.9 Å². The number of nitrogen functional groups attached to an aromatic ring is 1. The Labute approximate surface area is 257 Å². The summed E-state index contributed by atoms with van der Waals surface area (Å²) in [7, 11) is 3.56. The topological polar surface area (TPSA) is 112 Å². The first-order valence-corrected chi connectivity index (χ1v) is 14.8. The van der Waals surface area contributed by atoms with E-state index in [1.807, 2.05) is 59.8 Å². The summed E-state index contributed by atoms with van der Waals surface area (Å²) in [5, 5.41) is 0.747. The second-order valence-electron chi connectivity index (χ2n) is 11.8. The van der Waals surface area contributed by atoms with Crippen molar-refractivity contribution >= 4 is 22.8 Å². The summed E-state index contributed by atoms with van der Waals surface area (Å²) in [6, 6.07) is 11.9. The number of likely N-dealkylation sites (tertiary alicyclic amines) is 2. The molecule has 4 aromatic rings. The number of aromatic nitrogens is 4. The Morgan fingerprint density at radius 1 is 1.16 bits per heavy atom. The molecule has 6 rings (SSSR count).